The summed E-state index contributed by atoms with van der Waals surface area (Å²) in [6.07, 6.45) is 4.52. The monoisotopic (exact) mass is 382 g/mol. The Morgan fingerprint density at radius 2 is 1.92 bits per heavy atom. The number of hydrogen-bond acceptors (Lipinski definition) is 4. The minimum Gasteiger partial charge on any atom is -0.480 e. The summed E-state index contributed by atoms with van der Waals surface area (Å²) < 4.78 is 26.9. The molecule has 1 unspecified atom stereocenters. The third-order valence-electron chi connectivity index (χ3n) is 4.50. The number of hydrogen-bond donors (Lipinski definition) is 2. The number of carbonyl (C=O) groups excluding carboxylic acids is 1. The molecule has 7 nitrogen and oxygen atoms in total. The predicted octanol–water partition coefficient (Wildman–Crippen LogP) is 2.23. The molecule has 26 heavy (non-hydrogen) atoms. The number of aliphatic carboxylic acids is 1. The lowest BCUT2D eigenvalue weighted by atomic mass is 10.1. The molecule has 1 amide bonds. The second-order valence-electron chi connectivity index (χ2n) is 6.50. The molecular weight excluding hydrogens is 356 g/mol. The topological polar surface area (TPSA) is 104 Å². The van der Waals surface area contributed by atoms with Gasteiger partial charge in [-0.05, 0) is 37.5 Å². The zero-order chi connectivity index (χ0) is 19.2. The number of sulfonamides is 1. The molecule has 0 bridgehead atoms. The molecular formula is C18H26N2O5S. The van der Waals surface area contributed by atoms with Crippen molar-refractivity contribution in [1.29, 1.82) is 0 Å². The van der Waals surface area contributed by atoms with Crippen molar-refractivity contribution in [3.05, 3.63) is 29.8 Å². The van der Waals surface area contributed by atoms with Crippen LogP contribution >= 0.6 is 0 Å². The van der Waals surface area contributed by atoms with E-state index in [2.05, 4.69) is 5.32 Å². The second-order valence-corrected chi connectivity index (χ2v) is 8.44. The molecule has 0 aromatic heterocycles. The Labute approximate surface area is 154 Å². The molecule has 2 rings (SSSR count). The molecule has 0 saturated carbocycles. The number of carboxylic acids is 1. The van der Waals surface area contributed by atoms with Crippen LogP contribution in [0.3, 0.4) is 0 Å². The van der Waals surface area contributed by atoms with Gasteiger partial charge in [-0.3, -0.25) is 4.79 Å². The van der Waals surface area contributed by atoms with E-state index in [4.69, 9.17) is 0 Å². The molecule has 1 fully saturated rings. The quantitative estimate of drug-likeness (QED) is 0.717. The van der Waals surface area contributed by atoms with Gasteiger partial charge >= 0.3 is 5.97 Å². The van der Waals surface area contributed by atoms with Crippen LogP contribution in [-0.2, 0) is 14.8 Å². The van der Waals surface area contributed by atoms with Crippen LogP contribution in [0.1, 0.15) is 55.8 Å². The Balaban J connectivity index is 2.17. The molecule has 0 aliphatic carbocycles. The molecule has 1 saturated heterocycles. The smallest absolute Gasteiger partial charge is 0.326 e. The Kier molecular flexibility index (Phi) is 7.16. The highest BCUT2D eigenvalue weighted by Gasteiger charge is 2.27. The number of carboxylic acid groups (broad SMARTS) is 1. The molecule has 8 heteroatoms. The minimum atomic E-state index is -3.64. The molecule has 1 aliphatic heterocycles. The van der Waals surface area contributed by atoms with Crippen molar-refractivity contribution in [3.8, 4) is 0 Å². The molecule has 2 N–H and O–H groups in total. The van der Waals surface area contributed by atoms with Crippen molar-refractivity contribution < 1.29 is 23.1 Å². The third kappa shape index (κ3) is 5.04. The maximum Gasteiger partial charge on any atom is 0.326 e. The largest absolute Gasteiger partial charge is 0.480 e. The summed E-state index contributed by atoms with van der Waals surface area (Å²) in [5.74, 6) is -1.67. The van der Waals surface area contributed by atoms with E-state index < -0.39 is 27.9 Å². The van der Waals surface area contributed by atoms with Crippen LogP contribution < -0.4 is 5.32 Å². The van der Waals surface area contributed by atoms with Gasteiger partial charge in [0.25, 0.3) is 5.91 Å². The van der Waals surface area contributed by atoms with Crippen LogP contribution in [-0.4, -0.2) is 48.8 Å². The molecule has 1 aromatic carbocycles. The summed E-state index contributed by atoms with van der Waals surface area (Å²) in [7, 11) is -3.64. The highest BCUT2D eigenvalue weighted by atomic mass is 32.2. The summed E-state index contributed by atoms with van der Waals surface area (Å²) in [5.41, 5.74) is 0.144. The predicted molar refractivity (Wildman–Crippen MR) is 97.5 cm³/mol. The van der Waals surface area contributed by atoms with Crippen molar-refractivity contribution in [1.82, 2.24) is 9.62 Å². The molecule has 144 valence electrons. The number of piperidine rings is 1. The highest BCUT2D eigenvalue weighted by molar-refractivity contribution is 7.89. The van der Waals surface area contributed by atoms with E-state index in [9.17, 15) is 23.1 Å². The van der Waals surface area contributed by atoms with E-state index in [0.717, 1.165) is 25.7 Å². The van der Waals surface area contributed by atoms with Gasteiger partial charge in [-0.2, -0.15) is 4.31 Å². The number of unbranched alkanes of at least 4 members (excludes halogenated alkanes) is 1. The number of benzene rings is 1. The van der Waals surface area contributed by atoms with Crippen LogP contribution in [0.2, 0.25) is 0 Å². The molecule has 1 aromatic rings. The first-order valence-corrected chi connectivity index (χ1v) is 10.4. The van der Waals surface area contributed by atoms with E-state index in [1.54, 1.807) is 0 Å². The fourth-order valence-corrected chi connectivity index (χ4v) is 4.52. The van der Waals surface area contributed by atoms with Gasteiger partial charge in [-0.1, -0.05) is 32.3 Å². The Morgan fingerprint density at radius 1 is 1.23 bits per heavy atom. The van der Waals surface area contributed by atoms with Gasteiger partial charge in [0.1, 0.15) is 6.04 Å². The zero-order valence-electron chi connectivity index (χ0n) is 15.0. The van der Waals surface area contributed by atoms with Gasteiger partial charge in [0.05, 0.1) is 4.90 Å². The normalized spacial score (nSPS) is 16.8. The first kappa shape index (κ1) is 20.4. The first-order chi connectivity index (χ1) is 12.4. The summed E-state index contributed by atoms with van der Waals surface area (Å²) in [5, 5.41) is 11.7. The van der Waals surface area contributed by atoms with Gasteiger partial charge in [-0.25, -0.2) is 13.2 Å². The van der Waals surface area contributed by atoms with Crippen molar-refractivity contribution in [3.63, 3.8) is 0 Å². The molecule has 0 radical (unpaired) electrons. The van der Waals surface area contributed by atoms with Crippen molar-refractivity contribution in [2.45, 2.75) is 56.4 Å². The number of rotatable bonds is 8. The number of carbonyl (C=O) groups is 2. The van der Waals surface area contributed by atoms with Crippen LogP contribution in [0, 0.1) is 0 Å². The molecule has 1 atom stereocenters. The second kappa shape index (κ2) is 9.14. The van der Waals surface area contributed by atoms with Gasteiger partial charge in [0.15, 0.2) is 0 Å². The highest BCUT2D eigenvalue weighted by Crippen LogP contribution is 2.21. The SMILES string of the molecule is CCCCC(NC(=O)c1cccc(S(=O)(=O)N2CCCCC2)c1)C(=O)O. The Bertz CT molecular complexity index is 742. The standard InChI is InChI=1S/C18H26N2O5S/c1-2-3-10-16(18(22)23)19-17(21)14-8-7-9-15(13-14)26(24,25)20-11-5-4-6-12-20/h7-9,13,16H,2-6,10-12H2,1H3,(H,19,21)(H,22,23). The van der Waals surface area contributed by atoms with Crippen molar-refractivity contribution >= 4 is 21.9 Å². The maximum atomic E-state index is 12.7. The van der Waals surface area contributed by atoms with Crippen LogP contribution in [0.5, 0.6) is 0 Å². The Morgan fingerprint density at radius 3 is 2.54 bits per heavy atom. The van der Waals surface area contributed by atoms with E-state index >= 15 is 0 Å². The van der Waals surface area contributed by atoms with Crippen LogP contribution in [0.15, 0.2) is 29.2 Å². The van der Waals surface area contributed by atoms with Crippen LogP contribution in [0.4, 0.5) is 0 Å². The number of nitrogens with one attached hydrogen (secondary N) is 1. The minimum absolute atomic E-state index is 0.0625. The fraction of sp³-hybridized carbons (Fsp3) is 0.556. The van der Waals surface area contributed by atoms with Gasteiger partial charge in [0.2, 0.25) is 10.0 Å². The molecule has 1 aliphatic rings. The van der Waals surface area contributed by atoms with E-state index in [0.29, 0.717) is 25.9 Å². The lowest BCUT2D eigenvalue weighted by Gasteiger charge is -2.26. The average Bonchev–Trinajstić information content (AvgIpc) is 2.65. The lowest BCUT2D eigenvalue weighted by Crippen LogP contribution is -2.40. The summed E-state index contributed by atoms with van der Waals surface area (Å²) in [4.78, 5) is 23.7. The van der Waals surface area contributed by atoms with Gasteiger partial charge in [0, 0.05) is 18.7 Å². The van der Waals surface area contributed by atoms with Crippen molar-refractivity contribution in [2.75, 3.05) is 13.1 Å². The average molecular weight is 382 g/mol. The summed E-state index contributed by atoms with van der Waals surface area (Å²) in [6, 6.07) is 4.80. The summed E-state index contributed by atoms with van der Waals surface area (Å²) >= 11 is 0. The fourth-order valence-electron chi connectivity index (χ4n) is 2.96. The van der Waals surface area contributed by atoms with Crippen molar-refractivity contribution in [2.24, 2.45) is 0 Å². The summed E-state index contributed by atoms with van der Waals surface area (Å²) in [6.45, 7) is 2.91. The van der Waals surface area contributed by atoms with Crippen LogP contribution in [0.25, 0.3) is 0 Å². The number of nitrogens with zero attached hydrogens (tertiary/aromatic N) is 1. The molecule has 1 heterocycles. The van der Waals surface area contributed by atoms with Gasteiger partial charge in [-0.15, -0.1) is 0 Å². The lowest BCUT2D eigenvalue weighted by molar-refractivity contribution is -0.139. The third-order valence-corrected chi connectivity index (χ3v) is 6.39. The number of amides is 1. The zero-order valence-corrected chi connectivity index (χ0v) is 15.8. The molecule has 0 spiro atoms. The van der Waals surface area contributed by atoms with E-state index in [1.807, 2.05) is 6.92 Å². The van der Waals surface area contributed by atoms with E-state index in [1.165, 1.54) is 28.6 Å². The van der Waals surface area contributed by atoms with Gasteiger partial charge < -0.3 is 10.4 Å². The first-order valence-electron chi connectivity index (χ1n) is 9.00. The Hall–Kier alpha value is -1.93. The maximum absolute atomic E-state index is 12.7. The van der Waals surface area contributed by atoms with E-state index in [-0.39, 0.29) is 10.5 Å².